The highest BCUT2D eigenvalue weighted by atomic mass is 32.2. The van der Waals surface area contributed by atoms with Crippen molar-refractivity contribution < 1.29 is 32.5 Å². The van der Waals surface area contributed by atoms with Gasteiger partial charge in [0, 0.05) is 32.7 Å². The second-order valence-electron chi connectivity index (χ2n) is 8.27. The summed E-state index contributed by atoms with van der Waals surface area (Å²) in [6.07, 6.45) is -0.784. The summed E-state index contributed by atoms with van der Waals surface area (Å²) in [6, 6.07) is 9.86. The molecule has 10 heteroatoms. The number of carbonyl (C=O) groups is 1. The Morgan fingerprint density at radius 1 is 1.00 bits per heavy atom. The van der Waals surface area contributed by atoms with Crippen LogP contribution in [0.1, 0.15) is 21.5 Å². The number of sulfonamides is 1. The SMILES string of the molecule is COC(=O)c1ccc(OC[C@@H](O)CN2CCN(S(=O)(=O)c3ccc(C)c(C)c3)CC2)c(OC)c1. The quantitative estimate of drug-likeness (QED) is 0.529. The van der Waals surface area contributed by atoms with Gasteiger partial charge < -0.3 is 19.3 Å². The monoisotopic (exact) mass is 492 g/mol. The maximum absolute atomic E-state index is 13.0. The predicted octanol–water partition coefficient (Wildman–Crippen LogP) is 1.84. The molecule has 186 valence electrons. The largest absolute Gasteiger partial charge is 0.493 e. The number of esters is 1. The Hall–Kier alpha value is -2.66. The van der Waals surface area contributed by atoms with Crippen LogP contribution >= 0.6 is 0 Å². The highest BCUT2D eigenvalue weighted by Crippen LogP contribution is 2.28. The first-order valence-corrected chi connectivity index (χ1v) is 12.5. The van der Waals surface area contributed by atoms with E-state index in [9.17, 15) is 18.3 Å². The van der Waals surface area contributed by atoms with Crippen LogP contribution < -0.4 is 9.47 Å². The Labute approximate surface area is 200 Å². The highest BCUT2D eigenvalue weighted by Gasteiger charge is 2.29. The van der Waals surface area contributed by atoms with Gasteiger partial charge in [-0.3, -0.25) is 4.90 Å². The zero-order valence-corrected chi connectivity index (χ0v) is 20.8. The first kappa shape index (κ1) is 26.0. The third-order valence-corrected chi connectivity index (χ3v) is 7.83. The van der Waals surface area contributed by atoms with Gasteiger partial charge in [-0.25, -0.2) is 13.2 Å². The number of piperazine rings is 1. The van der Waals surface area contributed by atoms with Gasteiger partial charge in [-0.05, 0) is 55.3 Å². The fourth-order valence-electron chi connectivity index (χ4n) is 3.74. The van der Waals surface area contributed by atoms with Crippen LogP contribution in [-0.2, 0) is 14.8 Å². The molecule has 3 rings (SSSR count). The van der Waals surface area contributed by atoms with Crippen molar-refractivity contribution >= 4 is 16.0 Å². The van der Waals surface area contributed by atoms with Crippen molar-refractivity contribution in [2.45, 2.75) is 24.8 Å². The maximum atomic E-state index is 13.0. The lowest BCUT2D eigenvalue weighted by Gasteiger charge is -2.35. The number of nitrogens with zero attached hydrogens (tertiary/aromatic N) is 2. The summed E-state index contributed by atoms with van der Waals surface area (Å²) >= 11 is 0. The number of aliphatic hydroxyl groups excluding tert-OH is 1. The summed E-state index contributed by atoms with van der Waals surface area (Å²) in [4.78, 5) is 14.0. The van der Waals surface area contributed by atoms with Crippen molar-refractivity contribution in [2.75, 3.05) is 53.6 Å². The molecule has 2 aromatic carbocycles. The number of aryl methyl sites for hydroxylation is 2. The van der Waals surface area contributed by atoms with Gasteiger partial charge in [-0.2, -0.15) is 4.31 Å². The molecule has 1 heterocycles. The van der Waals surface area contributed by atoms with Crippen LogP contribution in [0.2, 0.25) is 0 Å². The van der Waals surface area contributed by atoms with E-state index in [1.54, 1.807) is 24.3 Å². The molecule has 2 aromatic rings. The molecule has 0 aromatic heterocycles. The number of benzene rings is 2. The molecule has 0 unspecified atom stereocenters. The lowest BCUT2D eigenvalue weighted by molar-refractivity contribution is 0.0557. The lowest BCUT2D eigenvalue weighted by atomic mass is 10.1. The number of methoxy groups -OCH3 is 2. The van der Waals surface area contributed by atoms with Crippen molar-refractivity contribution in [3.8, 4) is 11.5 Å². The van der Waals surface area contributed by atoms with Crippen molar-refractivity contribution in [1.29, 1.82) is 0 Å². The van der Waals surface area contributed by atoms with Crippen LogP contribution in [-0.4, -0.2) is 88.4 Å². The van der Waals surface area contributed by atoms with Gasteiger partial charge in [-0.15, -0.1) is 0 Å². The molecule has 0 bridgehead atoms. The fraction of sp³-hybridized carbons (Fsp3) is 0.458. The summed E-state index contributed by atoms with van der Waals surface area (Å²) in [5.74, 6) is 0.280. The van der Waals surface area contributed by atoms with E-state index in [0.29, 0.717) is 54.7 Å². The molecule has 0 spiro atoms. The van der Waals surface area contributed by atoms with Crippen molar-refractivity contribution in [3.05, 3.63) is 53.1 Å². The summed E-state index contributed by atoms with van der Waals surface area (Å²) < 4.78 is 43.1. The number of hydrogen-bond donors (Lipinski definition) is 1. The van der Waals surface area contributed by atoms with E-state index >= 15 is 0 Å². The molecule has 1 atom stereocenters. The van der Waals surface area contributed by atoms with Crippen LogP contribution in [0.3, 0.4) is 0 Å². The Bertz CT molecular complexity index is 1110. The van der Waals surface area contributed by atoms with E-state index in [2.05, 4.69) is 0 Å². The number of ether oxygens (including phenoxy) is 3. The molecular weight excluding hydrogens is 460 g/mol. The molecule has 1 aliphatic rings. The van der Waals surface area contributed by atoms with E-state index < -0.39 is 22.1 Å². The number of rotatable bonds is 9. The zero-order valence-electron chi connectivity index (χ0n) is 20.0. The Morgan fingerprint density at radius 2 is 1.71 bits per heavy atom. The van der Waals surface area contributed by atoms with Gasteiger partial charge in [0.2, 0.25) is 10.0 Å². The summed E-state index contributed by atoms with van der Waals surface area (Å²) in [7, 11) is -0.783. The van der Waals surface area contributed by atoms with Crippen LogP contribution in [0.25, 0.3) is 0 Å². The third kappa shape index (κ3) is 6.06. The van der Waals surface area contributed by atoms with Crippen molar-refractivity contribution in [3.63, 3.8) is 0 Å². The molecule has 1 N–H and O–H groups in total. The Kier molecular flexibility index (Phi) is 8.53. The highest BCUT2D eigenvalue weighted by molar-refractivity contribution is 7.89. The third-order valence-electron chi connectivity index (χ3n) is 5.93. The summed E-state index contributed by atoms with van der Waals surface area (Å²) in [5.41, 5.74) is 2.33. The second-order valence-corrected chi connectivity index (χ2v) is 10.2. The van der Waals surface area contributed by atoms with Crippen molar-refractivity contribution in [2.24, 2.45) is 0 Å². The zero-order chi connectivity index (χ0) is 24.9. The second kappa shape index (κ2) is 11.2. The van der Waals surface area contributed by atoms with E-state index in [0.717, 1.165) is 11.1 Å². The number of carbonyl (C=O) groups excluding carboxylic acids is 1. The number of aliphatic hydroxyl groups is 1. The Balaban J connectivity index is 1.51. The number of hydrogen-bond acceptors (Lipinski definition) is 8. The van der Waals surface area contributed by atoms with Gasteiger partial charge in [0.15, 0.2) is 11.5 Å². The van der Waals surface area contributed by atoms with Crippen LogP contribution in [0.4, 0.5) is 0 Å². The van der Waals surface area contributed by atoms with Crippen LogP contribution in [0.5, 0.6) is 11.5 Å². The van der Waals surface area contributed by atoms with Crippen LogP contribution in [0, 0.1) is 13.8 Å². The minimum atomic E-state index is -3.55. The molecule has 0 radical (unpaired) electrons. The average Bonchev–Trinajstić information content (AvgIpc) is 2.84. The van der Waals surface area contributed by atoms with E-state index in [-0.39, 0.29) is 6.61 Å². The lowest BCUT2D eigenvalue weighted by Crippen LogP contribution is -2.50. The molecule has 1 aliphatic heterocycles. The van der Waals surface area contributed by atoms with E-state index in [1.807, 2.05) is 24.8 Å². The molecule has 9 nitrogen and oxygen atoms in total. The van der Waals surface area contributed by atoms with Gasteiger partial charge in [-0.1, -0.05) is 6.07 Å². The molecule has 0 saturated carbocycles. The normalized spacial score (nSPS) is 16.1. The molecule has 1 fully saturated rings. The van der Waals surface area contributed by atoms with Gasteiger partial charge in [0.25, 0.3) is 0 Å². The standard InChI is InChI=1S/C24H32N2O7S/c1-17-5-7-21(13-18(17)2)34(29,30)26-11-9-25(10-12-26)15-20(27)16-33-22-8-6-19(24(28)32-4)14-23(22)31-3/h5-8,13-14,20,27H,9-12,15-16H2,1-4H3/t20-/m0/s1. The summed E-state index contributed by atoms with van der Waals surface area (Å²) in [5, 5.41) is 10.5. The van der Waals surface area contributed by atoms with Gasteiger partial charge in [0.1, 0.15) is 12.7 Å². The van der Waals surface area contributed by atoms with E-state index in [1.165, 1.54) is 24.6 Å². The maximum Gasteiger partial charge on any atom is 0.337 e. The van der Waals surface area contributed by atoms with Gasteiger partial charge in [0.05, 0.1) is 24.7 Å². The fourth-order valence-corrected chi connectivity index (χ4v) is 5.25. The Morgan fingerprint density at radius 3 is 2.32 bits per heavy atom. The molecule has 34 heavy (non-hydrogen) atoms. The van der Waals surface area contributed by atoms with Gasteiger partial charge >= 0.3 is 5.97 Å². The first-order valence-electron chi connectivity index (χ1n) is 11.0. The average molecular weight is 493 g/mol. The minimum absolute atomic E-state index is 0.0229. The van der Waals surface area contributed by atoms with E-state index in [4.69, 9.17) is 14.2 Å². The molecular formula is C24H32N2O7S. The van der Waals surface area contributed by atoms with Crippen LogP contribution in [0.15, 0.2) is 41.3 Å². The molecule has 0 aliphatic carbocycles. The van der Waals surface area contributed by atoms with Crippen molar-refractivity contribution in [1.82, 2.24) is 9.21 Å². The first-order chi connectivity index (χ1) is 16.1. The topological polar surface area (TPSA) is 106 Å². The minimum Gasteiger partial charge on any atom is -0.493 e. The predicted molar refractivity (Wildman–Crippen MR) is 127 cm³/mol. The molecule has 0 amide bonds. The number of β-amino-alcohol motifs (C(OH)–C–C–N with tert-alkyl or cyclic N) is 1. The summed E-state index contributed by atoms with van der Waals surface area (Å²) in [6.45, 7) is 5.95. The molecule has 1 saturated heterocycles. The smallest absolute Gasteiger partial charge is 0.337 e.